The number of hydrogen-bond acceptors (Lipinski definition) is 6. The summed E-state index contributed by atoms with van der Waals surface area (Å²) < 4.78 is 1.63. The molecule has 8 heteroatoms. The molecule has 1 amide bonds. The van der Waals surface area contributed by atoms with E-state index in [0.717, 1.165) is 5.56 Å². The Morgan fingerprint density at radius 2 is 2.04 bits per heavy atom. The van der Waals surface area contributed by atoms with Crippen LogP contribution in [0.5, 0.6) is 5.75 Å². The molecule has 2 heterocycles. The normalized spacial score (nSPS) is 11.0. The summed E-state index contributed by atoms with van der Waals surface area (Å²) >= 11 is 0. The van der Waals surface area contributed by atoms with Crippen molar-refractivity contribution >= 4 is 28.7 Å². The van der Waals surface area contributed by atoms with Crippen LogP contribution in [0.2, 0.25) is 0 Å². The van der Waals surface area contributed by atoms with E-state index in [1.165, 1.54) is 6.20 Å². The molecule has 3 aromatic rings. The highest BCUT2D eigenvalue weighted by molar-refractivity contribution is 6.10. The number of nitrogen functional groups attached to an aromatic ring is 1. The minimum Gasteiger partial charge on any atom is -0.508 e. The number of hydrogen-bond donors (Lipinski definition) is 4. The summed E-state index contributed by atoms with van der Waals surface area (Å²) in [6.45, 7) is 3.66. The summed E-state index contributed by atoms with van der Waals surface area (Å²) in [7, 11) is 1.69. The number of fused-ring (bicyclic) bond motifs is 1. The van der Waals surface area contributed by atoms with Crippen LogP contribution >= 0.6 is 0 Å². The van der Waals surface area contributed by atoms with Crippen LogP contribution in [-0.2, 0) is 0 Å². The lowest BCUT2D eigenvalue weighted by Gasteiger charge is -2.15. The van der Waals surface area contributed by atoms with Crippen LogP contribution in [0.25, 0.3) is 16.7 Å². The number of aryl methyl sites for hydroxylation is 1. The maximum atomic E-state index is 11.9. The standard InChI is InChI=1S/C16H18N6O2/c1-7-4-5-10(23)8(2)12(7)22-13(17)11(14(18)24)9-6-20-16(19-3)21-15(9)22/h4-6,23H,17H2,1-3H3,(H2,18,24)(H,19,20,21). The number of nitrogens with two attached hydrogens (primary N) is 2. The average Bonchev–Trinajstić information content (AvgIpc) is 2.83. The maximum absolute atomic E-state index is 11.9. The van der Waals surface area contributed by atoms with Gasteiger partial charge >= 0.3 is 0 Å². The van der Waals surface area contributed by atoms with Gasteiger partial charge in [-0.3, -0.25) is 9.36 Å². The van der Waals surface area contributed by atoms with Crippen LogP contribution in [0.4, 0.5) is 11.8 Å². The van der Waals surface area contributed by atoms with Gasteiger partial charge in [0.15, 0.2) is 5.65 Å². The predicted molar refractivity (Wildman–Crippen MR) is 92.5 cm³/mol. The number of phenolic OH excluding ortho intramolecular Hbond substituents is 1. The Kier molecular flexibility index (Phi) is 3.52. The molecule has 0 saturated heterocycles. The third kappa shape index (κ3) is 2.11. The number of carbonyl (C=O) groups excluding carboxylic acids is 1. The van der Waals surface area contributed by atoms with E-state index in [0.29, 0.717) is 28.2 Å². The Balaban J connectivity index is 2.51. The van der Waals surface area contributed by atoms with Crippen molar-refractivity contribution in [2.75, 3.05) is 18.1 Å². The summed E-state index contributed by atoms with van der Waals surface area (Å²) in [5.74, 6) is 0.0115. The van der Waals surface area contributed by atoms with Crippen molar-refractivity contribution in [2.24, 2.45) is 5.73 Å². The zero-order valence-electron chi connectivity index (χ0n) is 13.6. The first-order chi connectivity index (χ1) is 11.4. The van der Waals surface area contributed by atoms with Crippen LogP contribution in [0, 0.1) is 13.8 Å². The minimum atomic E-state index is -0.660. The molecule has 0 bridgehead atoms. The molecule has 3 rings (SSSR count). The number of aromatic nitrogens is 3. The Labute approximate surface area is 138 Å². The van der Waals surface area contributed by atoms with E-state index in [1.807, 2.05) is 6.92 Å². The molecule has 0 aliphatic rings. The molecular weight excluding hydrogens is 308 g/mol. The number of benzene rings is 1. The molecule has 8 nitrogen and oxygen atoms in total. The number of phenols is 1. The second kappa shape index (κ2) is 5.41. The quantitative estimate of drug-likeness (QED) is 0.576. The number of nitrogens with one attached hydrogen (secondary N) is 1. The zero-order valence-corrected chi connectivity index (χ0v) is 13.6. The van der Waals surface area contributed by atoms with Gasteiger partial charge in [0.2, 0.25) is 5.95 Å². The van der Waals surface area contributed by atoms with Gasteiger partial charge in [-0.2, -0.15) is 4.98 Å². The Hall–Kier alpha value is -3.29. The topological polar surface area (TPSA) is 132 Å². The summed E-state index contributed by atoms with van der Waals surface area (Å²) in [6.07, 6.45) is 1.51. The Morgan fingerprint density at radius 3 is 2.67 bits per heavy atom. The van der Waals surface area contributed by atoms with Crippen molar-refractivity contribution in [3.63, 3.8) is 0 Å². The monoisotopic (exact) mass is 326 g/mol. The first-order valence-corrected chi connectivity index (χ1v) is 7.30. The SMILES string of the molecule is CNc1ncc2c(C(N)=O)c(N)n(-c3c(C)ccc(O)c3C)c2n1. The minimum absolute atomic E-state index is 0.125. The summed E-state index contributed by atoms with van der Waals surface area (Å²) in [6, 6.07) is 3.38. The number of nitrogens with zero attached hydrogens (tertiary/aromatic N) is 3. The first-order valence-electron chi connectivity index (χ1n) is 7.30. The van der Waals surface area contributed by atoms with Crippen LogP contribution in [0.3, 0.4) is 0 Å². The van der Waals surface area contributed by atoms with Gasteiger partial charge in [-0.15, -0.1) is 0 Å². The van der Waals surface area contributed by atoms with E-state index in [-0.39, 0.29) is 17.1 Å². The molecule has 124 valence electrons. The molecule has 0 radical (unpaired) electrons. The van der Waals surface area contributed by atoms with Crippen molar-refractivity contribution in [3.8, 4) is 11.4 Å². The molecule has 1 aromatic carbocycles. The largest absolute Gasteiger partial charge is 0.508 e. The second-order valence-electron chi connectivity index (χ2n) is 5.52. The highest BCUT2D eigenvalue weighted by Crippen LogP contribution is 2.35. The molecule has 2 aromatic heterocycles. The molecule has 0 aliphatic heterocycles. The Bertz CT molecular complexity index is 977. The molecule has 0 aliphatic carbocycles. The molecule has 24 heavy (non-hydrogen) atoms. The van der Waals surface area contributed by atoms with Crippen LogP contribution in [0.1, 0.15) is 21.5 Å². The van der Waals surface area contributed by atoms with Gasteiger partial charge in [-0.1, -0.05) is 6.07 Å². The summed E-state index contributed by atoms with van der Waals surface area (Å²) in [5, 5.41) is 13.4. The number of primary amides is 1. The highest BCUT2D eigenvalue weighted by Gasteiger charge is 2.24. The second-order valence-corrected chi connectivity index (χ2v) is 5.52. The van der Waals surface area contributed by atoms with Crippen LogP contribution in [0.15, 0.2) is 18.3 Å². The van der Waals surface area contributed by atoms with Gasteiger partial charge in [-0.25, -0.2) is 4.98 Å². The van der Waals surface area contributed by atoms with Crippen LogP contribution in [-0.4, -0.2) is 32.6 Å². The molecule has 6 N–H and O–H groups in total. The maximum Gasteiger partial charge on any atom is 0.253 e. The molecule has 0 unspecified atom stereocenters. The van der Waals surface area contributed by atoms with E-state index >= 15 is 0 Å². The highest BCUT2D eigenvalue weighted by atomic mass is 16.3. The molecular formula is C16H18N6O2. The number of rotatable bonds is 3. The van der Waals surface area contributed by atoms with Gasteiger partial charge in [0.1, 0.15) is 11.6 Å². The van der Waals surface area contributed by atoms with Gasteiger partial charge in [0, 0.05) is 18.8 Å². The lowest BCUT2D eigenvalue weighted by molar-refractivity contribution is 0.100. The van der Waals surface area contributed by atoms with Crippen molar-refractivity contribution in [2.45, 2.75) is 13.8 Å². The third-order valence-corrected chi connectivity index (χ3v) is 4.04. The van der Waals surface area contributed by atoms with Crippen molar-refractivity contribution < 1.29 is 9.90 Å². The van der Waals surface area contributed by atoms with Gasteiger partial charge in [0.25, 0.3) is 5.91 Å². The smallest absolute Gasteiger partial charge is 0.253 e. The van der Waals surface area contributed by atoms with Crippen molar-refractivity contribution in [1.29, 1.82) is 0 Å². The number of carbonyl (C=O) groups is 1. The fourth-order valence-electron chi connectivity index (χ4n) is 2.86. The fraction of sp³-hybridized carbons (Fsp3) is 0.188. The molecule has 0 spiro atoms. The van der Waals surface area contributed by atoms with Crippen molar-refractivity contribution in [3.05, 3.63) is 35.0 Å². The Morgan fingerprint density at radius 1 is 1.33 bits per heavy atom. The first kappa shape index (κ1) is 15.6. The van der Waals surface area contributed by atoms with Gasteiger partial charge in [-0.05, 0) is 25.5 Å². The summed E-state index contributed by atoms with van der Waals surface area (Å²) in [5.41, 5.74) is 14.5. The third-order valence-electron chi connectivity index (χ3n) is 4.04. The van der Waals surface area contributed by atoms with Crippen LogP contribution < -0.4 is 16.8 Å². The number of amides is 1. The van der Waals surface area contributed by atoms with Gasteiger partial charge in [0.05, 0.1) is 16.6 Å². The number of anilines is 2. The van der Waals surface area contributed by atoms with E-state index in [1.54, 1.807) is 30.7 Å². The van der Waals surface area contributed by atoms with E-state index in [2.05, 4.69) is 15.3 Å². The predicted octanol–water partition coefficient (Wildman–Crippen LogP) is 1.47. The fourth-order valence-corrected chi connectivity index (χ4v) is 2.86. The van der Waals surface area contributed by atoms with E-state index in [9.17, 15) is 9.90 Å². The molecule has 0 fully saturated rings. The van der Waals surface area contributed by atoms with E-state index < -0.39 is 5.91 Å². The lowest BCUT2D eigenvalue weighted by Crippen LogP contribution is -2.14. The zero-order chi connectivity index (χ0) is 17.6. The molecule has 0 atom stereocenters. The van der Waals surface area contributed by atoms with Gasteiger partial charge < -0.3 is 21.9 Å². The average molecular weight is 326 g/mol. The summed E-state index contributed by atoms with van der Waals surface area (Å²) in [4.78, 5) is 20.4. The molecule has 0 saturated carbocycles. The number of aromatic hydroxyl groups is 1. The van der Waals surface area contributed by atoms with Crippen molar-refractivity contribution in [1.82, 2.24) is 14.5 Å². The lowest BCUT2D eigenvalue weighted by atomic mass is 10.1. The van der Waals surface area contributed by atoms with E-state index in [4.69, 9.17) is 11.5 Å².